The summed E-state index contributed by atoms with van der Waals surface area (Å²) in [5.74, 6) is 0.317. The lowest BCUT2D eigenvalue weighted by molar-refractivity contribution is -0.124. The van der Waals surface area contributed by atoms with E-state index < -0.39 is 0 Å². The lowest BCUT2D eigenvalue weighted by atomic mass is 10.2. The van der Waals surface area contributed by atoms with Crippen molar-refractivity contribution in [2.24, 2.45) is 5.92 Å². The Labute approximate surface area is 85.8 Å². The fraction of sp³-hybridized carbons (Fsp3) is 0.909. The van der Waals surface area contributed by atoms with E-state index >= 15 is 0 Å². The molecule has 0 aromatic heterocycles. The number of rotatable bonds is 3. The van der Waals surface area contributed by atoms with Crippen LogP contribution in [0.2, 0.25) is 0 Å². The molecule has 1 atom stereocenters. The van der Waals surface area contributed by atoms with Gasteiger partial charge in [-0.2, -0.15) is 0 Å². The molecule has 0 aromatic carbocycles. The van der Waals surface area contributed by atoms with E-state index in [0.717, 1.165) is 19.0 Å². The first-order chi connectivity index (χ1) is 6.66. The standard InChI is InChI=1S/C11H20N2O/c1-8(2)11(14)12-9-5-6-13(7-9)10-3-4-10/h8-10H,3-7H2,1-2H3,(H,12,14). The molecular formula is C11H20N2O. The number of nitrogens with zero attached hydrogens (tertiary/aromatic N) is 1. The maximum atomic E-state index is 11.5. The van der Waals surface area contributed by atoms with E-state index in [1.807, 2.05) is 13.8 Å². The zero-order valence-corrected chi connectivity index (χ0v) is 9.12. The summed E-state index contributed by atoms with van der Waals surface area (Å²) in [7, 11) is 0. The third kappa shape index (κ3) is 2.27. The van der Waals surface area contributed by atoms with Crippen LogP contribution in [0.3, 0.4) is 0 Å². The summed E-state index contributed by atoms with van der Waals surface area (Å²) >= 11 is 0. The summed E-state index contributed by atoms with van der Waals surface area (Å²) in [6.07, 6.45) is 3.87. The predicted molar refractivity (Wildman–Crippen MR) is 56.0 cm³/mol. The van der Waals surface area contributed by atoms with E-state index in [9.17, 15) is 4.79 Å². The van der Waals surface area contributed by atoms with Crippen molar-refractivity contribution in [2.45, 2.75) is 45.2 Å². The average Bonchev–Trinajstić information content (AvgIpc) is 2.88. The molecule has 1 saturated heterocycles. The van der Waals surface area contributed by atoms with Crippen LogP contribution in [0.15, 0.2) is 0 Å². The SMILES string of the molecule is CC(C)C(=O)NC1CCN(C2CC2)C1. The number of hydrogen-bond acceptors (Lipinski definition) is 2. The van der Waals surface area contributed by atoms with E-state index in [2.05, 4.69) is 10.2 Å². The third-order valence-electron chi connectivity index (χ3n) is 3.15. The molecule has 80 valence electrons. The summed E-state index contributed by atoms with van der Waals surface area (Å²) in [6, 6.07) is 1.25. The van der Waals surface area contributed by atoms with Crippen molar-refractivity contribution in [3.63, 3.8) is 0 Å². The van der Waals surface area contributed by atoms with E-state index in [1.54, 1.807) is 0 Å². The molecule has 3 nitrogen and oxygen atoms in total. The summed E-state index contributed by atoms with van der Waals surface area (Å²) in [6.45, 7) is 6.14. The van der Waals surface area contributed by atoms with Crippen LogP contribution in [0.4, 0.5) is 0 Å². The van der Waals surface area contributed by atoms with Gasteiger partial charge in [-0.3, -0.25) is 9.69 Å². The van der Waals surface area contributed by atoms with Crippen molar-refractivity contribution in [2.75, 3.05) is 13.1 Å². The molecule has 0 spiro atoms. The summed E-state index contributed by atoms with van der Waals surface area (Å²) in [4.78, 5) is 14.0. The monoisotopic (exact) mass is 196 g/mol. The Morgan fingerprint density at radius 2 is 2.07 bits per heavy atom. The maximum Gasteiger partial charge on any atom is 0.222 e. The highest BCUT2D eigenvalue weighted by Gasteiger charge is 2.34. The first-order valence-electron chi connectivity index (χ1n) is 5.71. The van der Waals surface area contributed by atoms with Gasteiger partial charge in [0.2, 0.25) is 5.91 Å². The van der Waals surface area contributed by atoms with Crippen molar-refractivity contribution in [3.05, 3.63) is 0 Å². The topological polar surface area (TPSA) is 32.3 Å². The van der Waals surface area contributed by atoms with Crippen LogP contribution >= 0.6 is 0 Å². The number of carbonyl (C=O) groups excluding carboxylic acids is 1. The Bertz CT molecular complexity index is 223. The normalized spacial score (nSPS) is 28.4. The third-order valence-corrected chi connectivity index (χ3v) is 3.15. The van der Waals surface area contributed by atoms with Gasteiger partial charge in [-0.1, -0.05) is 13.8 Å². The maximum absolute atomic E-state index is 11.5. The molecule has 2 fully saturated rings. The van der Waals surface area contributed by atoms with E-state index in [-0.39, 0.29) is 11.8 Å². The van der Waals surface area contributed by atoms with Crippen molar-refractivity contribution < 1.29 is 4.79 Å². The molecule has 1 saturated carbocycles. The molecule has 1 aliphatic carbocycles. The number of nitrogens with one attached hydrogen (secondary N) is 1. The van der Waals surface area contributed by atoms with Gasteiger partial charge in [0.05, 0.1) is 0 Å². The fourth-order valence-corrected chi connectivity index (χ4v) is 2.04. The highest BCUT2D eigenvalue weighted by Crippen LogP contribution is 2.29. The van der Waals surface area contributed by atoms with Crippen molar-refractivity contribution in [3.8, 4) is 0 Å². The zero-order valence-electron chi connectivity index (χ0n) is 9.12. The molecular weight excluding hydrogens is 176 g/mol. The molecule has 14 heavy (non-hydrogen) atoms. The van der Waals surface area contributed by atoms with Crippen LogP contribution < -0.4 is 5.32 Å². The minimum atomic E-state index is 0.116. The summed E-state index contributed by atoms with van der Waals surface area (Å²) < 4.78 is 0. The summed E-state index contributed by atoms with van der Waals surface area (Å²) in [5, 5.41) is 3.11. The largest absolute Gasteiger partial charge is 0.352 e. The van der Waals surface area contributed by atoms with E-state index in [4.69, 9.17) is 0 Å². The number of likely N-dealkylation sites (tertiary alicyclic amines) is 1. The minimum absolute atomic E-state index is 0.116. The average molecular weight is 196 g/mol. The highest BCUT2D eigenvalue weighted by atomic mass is 16.1. The molecule has 0 aromatic rings. The predicted octanol–water partition coefficient (Wildman–Crippen LogP) is 0.995. The minimum Gasteiger partial charge on any atom is -0.352 e. The lowest BCUT2D eigenvalue weighted by Crippen LogP contribution is -2.39. The molecule has 1 aliphatic heterocycles. The molecule has 1 unspecified atom stereocenters. The Morgan fingerprint density at radius 1 is 1.36 bits per heavy atom. The highest BCUT2D eigenvalue weighted by molar-refractivity contribution is 5.78. The van der Waals surface area contributed by atoms with E-state index in [0.29, 0.717) is 6.04 Å². The van der Waals surface area contributed by atoms with Gasteiger partial charge in [-0.25, -0.2) is 0 Å². The van der Waals surface area contributed by atoms with Crippen LogP contribution in [0.25, 0.3) is 0 Å². The van der Waals surface area contributed by atoms with Gasteiger partial charge < -0.3 is 5.32 Å². The second-order valence-electron chi connectivity index (χ2n) is 4.87. The smallest absolute Gasteiger partial charge is 0.222 e. The van der Waals surface area contributed by atoms with Crippen LogP contribution in [-0.4, -0.2) is 36.0 Å². The Hall–Kier alpha value is -0.570. The molecule has 0 bridgehead atoms. The van der Waals surface area contributed by atoms with Gasteiger partial charge >= 0.3 is 0 Å². The molecule has 2 aliphatic rings. The number of carbonyl (C=O) groups is 1. The second kappa shape index (κ2) is 3.89. The van der Waals surface area contributed by atoms with Gasteiger partial charge in [0.1, 0.15) is 0 Å². The van der Waals surface area contributed by atoms with Crippen molar-refractivity contribution >= 4 is 5.91 Å². The molecule has 3 heteroatoms. The van der Waals surface area contributed by atoms with Gasteiger partial charge in [0.25, 0.3) is 0 Å². The molecule has 0 radical (unpaired) electrons. The van der Waals surface area contributed by atoms with Gasteiger partial charge in [0.15, 0.2) is 0 Å². The quantitative estimate of drug-likeness (QED) is 0.730. The molecule has 1 N–H and O–H groups in total. The second-order valence-corrected chi connectivity index (χ2v) is 4.87. The Balaban J connectivity index is 1.75. The lowest BCUT2D eigenvalue weighted by Gasteiger charge is -2.16. The number of amides is 1. The van der Waals surface area contributed by atoms with Crippen LogP contribution in [0.1, 0.15) is 33.1 Å². The van der Waals surface area contributed by atoms with Gasteiger partial charge in [0, 0.05) is 31.1 Å². The first-order valence-corrected chi connectivity index (χ1v) is 5.71. The molecule has 1 amide bonds. The van der Waals surface area contributed by atoms with Gasteiger partial charge in [-0.15, -0.1) is 0 Å². The van der Waals surface area contributed by atoms with Crippen LogP contribution in [0.5, 0.6) is 0 Å². The molecule has 1 heterocycles. The molecule has 2 rings (SSSR count). The van der Waals surface area contributed by atoms with E-state index in [1.165, 1.54) is 19.4 Å². The first kappa shape index (κ1) is 9.97. The van der Waals surface area contributed by atoms with Crippen LogP contribution in [0, 0.1) is 5.92 Å². The Kier molecular flexibility index (Phi) is 2.77. The number of hydrogen-bond donors (Lipinski definition) is 1. The zero-order chi connectivity index (χ0) is 10.1. The Morgan fingerprint density at radius 3 is 2.64 bits per heavy atom. The van der Waals surface area contributed by atoms with Crippen molar-refractivity contribution in [1.29, 1.82) is 0 Å². The summed E-state index contributed by atoms with van der Waals surface area (Å²) in [5.41, 5.74) is 0. The fourth-order valence-electron chi connectivity index (χ4n) is 2.04. The van der Waals surface area contributed by atoms with Crippen LogP contribution in [-0.2, 0) is 4.79 Å². The van der Waals surface area contributed by atoms with Crippen molar-refractivity contribution in [1.82, 2.24) is 10.2 Å². The van der Waals surface area contributed by atoms with Gasteiger partial charge in [-0.05, 0) is 19.3 Å².